The molecule has 192 valence electrons. The van der Waals surface area contributed by atoms with Crippen molar-refractivity contribution >= 4 is 34.2 Å². The van der Waals surface area contributed by atoms with Crippen LogP contribution in [0.3, 0.4) is 0 Å². The van der Waals surface area contributed by atoms with E-state index in [4.69, 9.17) is 17.3 Å². The van der Waals surface area contributed by atoms with E-state index in [-0.39, 0.29) is 23.2 Å². The quantitative estimate of drug-likeness (QED) is 0.410. The molecule has 3 heterocycles. The first-order valence-corrected chi connectivity index (χ1v) is 12.1. The van der Waals surface area contributed by atoms with Crippen LogP contribution in [0.15, 0.2) is 36.7 Å². The lowest BCUT2D eigenvalue weighted by molar-refractivity contribution is -0.145. The molecule has 4 rings (SSSR count). The van der Waals surface area contributed by atoms with E-state index >= 15 is 0 Å². The van der Waals surface area contributed by atoms with Gasteiger partial charge in [0.25, 0.3) is 5.91 Å². The summed E-state index contributed by atoms with van der Waals surface area (Å²) in [4.78, 5) is 27.0. The van der Waals surface area contributed by atoms with Gasteiger partial charge in [-0.15, -0.1) is 0 Å². The van der Waals surface area contributed by atoms with E-state index in [1.54, 1.807) is 24.3 Å². The molecule has 2 aromatic heterocycles. The lowest BCUT2D eigenvalue weighted by atomic mass is 10.0. The lowest BCUT2D eigenvalue weighted by Gasteiger charge is -2.34. The van der Waals surface area contributed by atoms with Crippen LogP contribution in [-0.4, -0.2) is 58.5 Å². The second-order valence-electron chi connectivity index (χ2n) is 8.56. The van der Waals surface area contributed by atoms with Crippen LogP contribution in [0.2, 0.25) is 5.02 Å². The average molecular weight is 522 g/mol. The molecule has 0 saturated carbocycles. The van der Waals surface area contributed by atoms with Gasteiger partial charge < -0.3 is 16.4 Å². The van der Waals surface area contributed by atoms with Crippen LogP contribution >= 0.6 is 11.6 Å². The maximum absolute atomic E-state index is 13.3. The van der Waals surface area contributed by atoms with Crippen molar-refractivity contribution in [2.24, 2.45) is 5.73 Å². The van der Waals surface area contributed by atoms with Crippen molar-refractivity contribution in [1.82, 2.24) is 25.2 Å². The van der Waals surface area contributed by atoms with Crippen molar-refractivity contribution in [3.8, 4) is 0 Å². The number of benzene rings is 1. The Balaban J connectivity index is 1.57. The van der Waals surface area contributed by atoms with Crippen molar-refractivity contribution in [2.75, 3.05) is 38.0 Å². The number of carbonyl (C=O) groups is 1. The van der Waals surface area contributed by atoms with E-state index < -0.39 is 17.9 Å². The first-order valence-electron chi connectivity index (χ1n) is 11.7. The molecule has 12 heteroatoms. The molecule has 1 aliphatic heterocycles. The minimum Gasteiger partial charge on any atom is -0.369 e. The van der Waals surface area contributed by atoms with Crippen molar-refractivity contribution in [3.63, 3.8) is 0 Å². The van der Waals surface area contributed by atoms with Crippen LogP contribution in [0, 0.1) is 0 Å². The van der Waals surface area contributed by atoms with Gasteiger partial charge in [-0.2, -0.15) is 13.2 Å². The summed E-state index contributed by atoms with van der Waals surface area (Å²) >= 11 is 6.40. The van der Waals surface area contributed by atoms with Gasteiger partial charge >= 0.3 is 6.18 Å². The number of hydrogen-bond acceptors (Lipinski definition) is 7. The molecule has 1 aliphatic rings. The smallest absolute Gasteiger partial charge is 0.369 e. The summed E-state index contributed by atoms with van der Waals surface area (Å²) in [7, 11) is 0. The van der Waals surface area contributed by atoms with E-state index in [9.17, 15) is 18.0 Å². The van der Waals surface area contributed by atoms with Gasteiger partial charge in [0, 0.05) is 43.0 Å². The van der Waals surface area contributed by atoms with Crippen molar-refractivity contribution in [1.29, 1.82) is 0 Å². The predicted octanol–water partition coefficient (Wildman–Crippen LogP) is 4.02. The Labute approximate surface area is 211 Å². The van der Waals surface area contributed by atoms with Gasteiger partial charge in [0.05, 0.1) is 22.1 Å². The van der Waals surface area contributed by atoms with Crippen LogP contribution in [0.4, 0.5) is 19.0 Å². The summed E-state index contributed by atoms with van der Waals surface area (Å²) in [5, 5.41) is 6.88. The maximum Gasteiger partial charge on any atom is 0.451 e. The number of anilines is 1. The number of piperidine rings is 1. The third kappa shape index (κ3) is 6.03. The maximum atomic E-state index is 13.3. The molecule has 1 amide bonds. The Hall–Kier alpha value is -3.02. The first kappa shape index (κ1) is 26.1. The number of halogens is 4. The highest BCUT2D eigenvalue weighted by atomic mass is 35.5. The van der Waals surface area contributed by atoms with Crippen LogP contribution < -0.4 is 16.4 Å². The molecule has 8 nitrogen and oxygen atoms in total. The summed E-state index contributed by atoms with van der Waals surface area (Å²) in [6.45, 7) is 2.70. The molecule has 0 spiro atoms. The molecule has 3 aromatic rings. The number of nitrogens with zero attached hydrogens (tertiary/aromatic N) is 4. The number of nitrogens with one attached hydrogen (secondary N) is 2. The molecule has 1 fully saturated rings. The number of alkyl halides is 3. The van der Waals surface area contributed by atoms with Gasteiger partial charge in [-0.3, -0.25) is 9.69 Å². The number of pyridine rings is 1. The van der Waals surface area contributed by atoms with Crippen molar-refractivity contribution in [2.45, 2.75) is 31.5 Å². The van der Waals surface area contributed by atoms with Crippen LogP contribution in [0.5, 0.6) is 0 Å². The first-order chi connectivity index (χ1) is 17.3. The topological polar surface area (TPSA) is 109 Å². The highest BCUT2D eigenvalue weighted by Gasteiger charge is 2.35. The number of fused-ring (bicyclic) bond motifs is 1. The predicted molar refractivity (Wildman–Crippen MR) is 132 cm³/mol. The molecule has 0 bridgehead atoms. The monoisotopic (exact) mass is 521 g/mol. The minimum absolute atomic E-state index is 0.157. The second-order valence-corrected chi connectivity index (χ2v) is 8.97. The number of rotatable bonds is 8. The Morgan fingerprint density at radius 3 is 2.50 bits per heavy atom. The molecule has 1 unspecified atom stereocenters. The van der Waals surface area contributed by atoms with E-state index in [1.165, 1.54) is 12.4 Å². The van der Waals surface area contributed by atoms with Gasteiger partial charge in [0.1, 0.15) is 5.82 Å². The second kappa shape index (κ2) is 11.4. The summed E-state index contributed by atoms with van der Waals surface area (Å²) in [5.41, 5.74) is 6.91. The third-order valence-electron chi connectivity index (χ3n) is 6.10. The van der Waals surface area contributed by atoms with Crippen LogP contribution in [0.25, 0.3) is 10.9 Å². The number of amides is 1. The average Bonchev–Trinajstić information content (AvgIpc) is 2.87. The van der Waals surface area contributed by atoms with Gasteiger partial charge in [-0.05, 0) is 50.2 Å². The zero-order chi connectivity index (χ0) is 25.7. The molecular weight excluding hydrogens is 495 g/mol. The highest BCUT2D eigenvalue weighted by Crippen LogP contribution is 2.29. The number of carbonyl (C=O) groups excluding carboxylic acids is 1. The normalized spacial score (nSPS) is 15.6. The van der Waals surface area contributed by atoms with Gasteiger partial charge in [0.2, 0.25) is 5.82 Å². The zero-order valence-electron chi connectivity index (χ0n) is 19.5. The Bertz CT molecular complexity index is 1200. The Morgan fingerprint density at radius 1 is 1.11 bits per heavy atom. The largest absolute Gasteiger partial charge is 0.451 e. The SMILES string of the molecule is NCCNc1ccc2c(C(=O)NCC(c3cnc(C(F)(F)F)nc3)N3CCCCC3)c(Cl)ccc2n1. The molecule has 1 atom stereocenters. The van der Waals surface area contributed by atoms with Gasteiger partial charge in [-0.25, -0.2) is 15.0 Å². The summed E-state index contributed by atoms with van der Waals surface area (Å²) in [6, 6.07) is 6.49. The van der Waals surface area contributed by atoms with E-state index in [1.807, 2.05) is 0 Å². The number of likely N-dealkylation sites (tertiary alicyclic amines) is 1. The standard InChI is InChI=1S/C24H27ClF3N7O/c25-17-5-6-18-16(4-7-20(34-18)30-9-8-29)21(17)22(36)31-14-19(35-10-2-1-3-11-35)15-12-32-23(33-13-15)24(26,27)28/h4-7,12-13,19H,1-3,8-11,14,29H2,(H,30,34)(H,31,36). The zero-order valence-corrected chi connectivity index (χ0v) is 20.2. The molecule has 0 radical (unpaired) electrons. The number of aromatic nitrogens is 3. The Morgan fingerprint density at radius 2 is 1.83 bits per heavy atom. The van der Waals surface area contributed by atoms with Crippen molar-refractivity contribution < 1.29 is 18.0 Å². The van der Waals surface area contributed by atoms with Gasteiger partial charge in [0.15, 0.2) is 0 Å². The lowest BCUT2D eigenvalue weighted by Crippen LogP contribution is -2.41. The minimum atomic E-state index is -4.62. The van der Waals surface area contributed by atoms with E-state index in [2.05, 4.69) is 30.5 Å². The van der Waals surface area contributed by atoms with Gasteiger partial charge in [-0.1, -0.05) is 18.0 Å². The molecule has 1 saturated heterocycles. The fourth-order valence-corrected chi connectivity index (χ4v) is 4.58. The number of hydrogen-bond donors (Lipinski definition) is 3. The number of nitrogens with two attached hydrogens (primary N) is 1. The molecule has 4 N–H and O–H groups in total. The van der Waals surface area contributed by atoms with Crippen LogP contribution in [0.1, 0.15) is 47.1 Å². The molecule has 0 aliphatic carbocycles. The van der Waals surface area contributed by atoms with Crippen LogP contribution in [-0.2, 0) is 6.18 Å². The highest BCUT2D eigenvalue weighted by molar-refractivity contribution is 6.35. The van der Waals surface area contributed by atoms with Crippen molar-refractivity contribution in [3.05, 3.63) is 58.6 Å². The molecular formula is C24H27ClF3N7O. The molecule has 36 heavy (non-hydrogen) atoms. The van der Waals surface area contributed by atoms with E-state index in [0.29, 0.717) is 35.4 Å². The molecule has 1 aromatic carbocycles. The third-order valence-corrected chi connectivity index (χ3v) is 6.41. The Kier molecular flexibility index (Phi) is 8.22. The summed E-state index contributed by atoms with van der Waals surface area (Å²) in [5.74, 6) is -0.956. The fraction of sp³-hybridized carbons (Fsp3) is 0.417. The summed E-state index contributed by atoms with van der Waals surface area (Å²) in [6.07, 6.45) is 0.768. The van der Waals surface area contributed by atoms with E-state index in [0.717, 1.165) is 32.4 Å². The summed E-state index contributed by atoms with van der Waals surface area (Å²) < 4.78 is 38.8. The fourth-order valence-electron chi connectivity index (χ4n) is 4.33.